The largest absolute Gasteiger partial charge is 0.491 e. The molecule has 164 valence electrons. The predicted molar refractivity (Wildman–Crippen MR) is 120 cm³/mol. The van der Waals surface area contributed by atoms with Crippen LogP contribution in [0.5, 0.6) is 5.75 Å². The Morgan fingerprint density at radius 1 is 0.968 bits per heavy atom. The fraction of sp³-hybridized carbons (Fsp3) is 0.227. The van der Waals surface area contributed by atoms with Gasteiger partial charge in [0.05, 0.1) is 11.5 Å². The minimum Gasteiger partial charge on any atom is -0.491 e. The lowest BCUT2D eigenvalue weighted by Gasteiger charge is -2.09. The molecule has 9 heteroatoms. The first kappa shape index (κ1) is 23.0. The molecule has 0 radical (unpaired) electrons. The Morgan fingerprint density at radius 3 is 2.35 bits per heavy atom. The molecular weight excluding hydrogens is 436 g/mol. The molecule has 0 saturated carbocycles. The average Bonchev–Trinajstić information content (AvgIpc) is 3.31. The van der Waals surface area contributed by atoms with Gasteiger partial charge in [-0.1, -0.05) is 18.2 Å². The van der Waals surface area contributed by atoms with Gasteiger partial charge in [0.1, 0.15) is 12.4 Å². The summed E-state index contributed by atoms with van der Waals surface area (Å²) in [6.07, 6.45) is 0. The molecule has 7 nitrogen and oxygen atoms in total. The van der Waals surface area contributed by atoms with Crippen LogP contribution >= 0.6 is 11.3 Å². The number of benzene rings is 2. The van der Waals surface area contributed by atoms with Crippen molar-refractivity contribution >= 4 is 27.3 Å². The van der Waals surface area contributed by atoms with E-state index in [0.29, 0.717) is 25.3 Å². The summed E-state index contributed by atoms with van der Waals surface area (Å²) in [5.41, 5.74) is 1.31. The van der Waals surface area contributed by atoms with Crippen molar-refractivity contribution in [1.29, 1.82) is 0 Å². The molecular formula is C22H24N2O5S2. The number of hydrogen-bond donors (Lipinski definition) is 2. The fourth-order valence-corrected chi connectivity index (χ4v) is 4.42. The summed E-state index contributed by atoms with van der Waals surface area (Å²) in [7, 11) is -2.03. The van der Waals surface area contributed by atoms with E-state index in [-0.39, 0.29) is 17.3 Å². The number of amides is 1. The van der Waals surface area contributed by atoms with E-state index in [1.165, 1.54) is 35.6 Å². The maximum Gasteiger partial charge on any atom is 0.251 e. The van der Waals surface area contributed by atoms with Crippen molar-refractivity contribution in [2.75, 3.05) is 20.3 Å². The summed E-state index contributed by atoms with van der Waals surface area (Å²) < 4.78 is 37.8. The highest BCUT2D eigenvalue weighted by Crippen LogP contribution is 2.14. The van der Waals surface area contributed by atoms with E-state index in [0.717, 1.165) is 16.2 Å². The van der Waals surface area contributed by atoms with E-state index < -0.39 is 10.0 Å². The molecule has 2 aromatic carbocycles. The highest BCUT2D eigenvalue weighted by Gasteiger charge is 2.15. The Morgan fingerprint density at radius 2 is 1.71 bits per heavy atom. The van der Waals surface area contributed by atoms with Gasteiger partial charge in [-0.15, -0.1) is 11.3 Å². The Bertz CT molecular complexity index is 1060. The van der Waals surface area contributed by atoms with E-state index in [4.69, 9.17) is 9.47 Å². The first-order valence-corrected chi connectivity index (χ1v) is 12.0. The lowest BCUT2D eigenvalue weighted by atomic mass is 10.2. The van der Waals surface area contributed by atoms with Gasteiger partial charge in [-0.05, 0) is 53.4 Å². The summed E-state index contributed by atoms with van der Waals surface area (Å²) in [4.78, 5) is 13.4. The van der Waals surface area contributed by atoms with Gasteiger partial charge < -0.3 is 14.8 Å². The topological polar surface area (TPSA) is 93.7 Å². The van der Waals surface area contributed by atoms with Crippen LogP contribution in [0, 0.1) is 0 Å². The normalized spacial score (nSPS) is 11.3. The first-order chi connectivity index (χ1) is 15.0. The molecule has 1 aromatic heterocycles. The molecule has 0 unspecified atom stereocenters. The van der Waals surface area contributed by atoms with Crippen LogP contribution < -0.4 is 14.8 Å². The Kier molecular flexibility index (Phi) is 8.19. The van der Waals surface area contributed by atoms with Crippen LogP contribution in [0.1, 0.15) is 20.8 Å². The number of ether oxygens (including phenoxy) is 2. The summed E-state index contributed by atoms with van der Waals surface area (Å²) >= 11 is 1.48. The number of methoxy groups -OCH3 is 1. The standard InChI is InChI=1S/C22H24N2O5S2/c1-28-12-13-29-19-8-4-17(5-9-19)15-23-22(25)18-6-10-21(11-7-18)31(26,27)24-16-20-3-2-14-30-20/h2-11,14,24H,12-13,15-16H2,1H3,(H,23,25). The molecule has 0 aliphatic heterocycles. The molecule has 1 amide bonds. The maximum absolute atomic E-state index is 12.4. The Labute approximate surface area is 186 Å². The van der Waals surface area contributed by atoms with Crippen molar-refractivity contribution in [3.8, 4) is 5.75 Å². The quantitative estimate of drug-likeness (QED) is 0.429. The van der Waals surface area contributed by atoms with Crippen molar-refractivity contribution in [3.63, 3.8) is 0 Å². The van der Waals surface area contributed by atoms with E-state index in [1.807, 2.05) is 41.8 Å². The van der Waals surface area contributed by atoms with Gasteiger partial charge in [0.25, 0.3) is 5.91 Å². The van der Waals surface area contributed by atoms with Crippen LogP contribution in [0.2, 0.25) is 0 Å². The zero-order chi connectivity index (χ0) is 22.1. The second-order valence-electron chi connectivity index (χ2n) is 6.60. The second kappa shape index (κ2) is 11.1. The third-order valence-electron chi connectivity index (χ3n) is 4.38. The van der Waals surface area contributed by atoms with Crippen LogP contribution in [-0.2, 0) is 27.8 Å². The van der Waals surface area contributed by atoms with E-state index >= 15 is 0 Å². The SMILES string of the molecule is COCCOc1ccc(CNC(=O)c2ccc(S(=O)(=O)NCc3cccs3)cc2)cc1. The van der Waals surface area contributed by atoms with Gasteiger partial charge in [-0.25, -0.2) is 13.1 Å². The summed E-state index contributed by atoms with van der Waals surface area (Å²) in [6, 6.07) is 17.0. The summed E-state index contributed by atoms with van der Waals surface area (Å²) in [5.74, 6) is 0.451. The molecule has 1 heterocycles. The van der Waals surface area contributed by atoms with Gasteiger partial charge in [0.2, 0.25) is 10.0 Å². The van der Waals surface area contributed by atoms with E-state index in [1.54, 1.807) is 7.11 Å². The number of carbonyl (C=O) groups excluding carboxylic acids is 1. The van der Waals surface area contributed by atoms with Gasteiger partial charge in [-0.2, -0.15) is 0 Å². The molecule has 0 spiro atoms. The third-order valence-corrected chi connectivity index (χ3v) is 6.67. The van der Waals surface area contributed by atoms with Gasteiger partial charge in [0, 0.05) is 30.6 Å². The zero-order valence-electron chi connectivity index (χ0n) is 17.0. The molecule has 0 fully saturated rings. The predicted octanol–water partition coefficient (Wildman–Crippen LogP) is 3.18. The monoisotopic (exact) mass is 460 g/mol. The van der Waals surface area contributed by atoms with Gasteiger partial charge >= 0.3 is 0 Å². The van der Waals surface area contributed by atoms with Crippen LogP contribution in [0.15, 0.2) is 70.9 Å². The van der Waals surface area contributed by atoms with E-state index in [9.17, 15) is 13.2 Å². The summed E-state index contributed by atoms with van der Waals surface area (Å²) in [6.45, 7) is 1.57. The van der Waals surface area contributed by atoms with Crippen LogP contribution in [-0.4, -0.2) is 34.6 Å². The Hall–Kier alpha value is -2.72. The number of hydrogen-bond acceptors (Lipinski definition) is 6. The maximum atomic E-state index is 12.4. The molecule has 0 atom stereocenters. The highest BCUT2D eigenvalue weighted by atomic mass is 32.2. The van der Waals surface area contributed by atoms with Crippen molar-refractivity contribution in [3.05, 3.63) is 82.0 Å². The molecule has 0 saturated heterocycles. The fourth-order valence-electron chi connectivity index (χ4n) is 2.68. The molecule has 2 N–H and O–H groups in total. The second-order valence-corrected chi connectivity index (χ2v) is 9.40. The minimum atomic E-state index is -3.64. The minimum absolute atomic E-state index is 0.115. The number of carbonyl (C=O) groups is 1. The molecule has 0 aliphatic carbocycles. The smallest absolute Gasteiger partial charge is 0.251 e. The zero-order valence-corrected chi connectivity index (χ0v) is 18.7. The average molecular weight is 461 g/mol. The lowest BCUT2D eigenvalue weighted by Crippen LogP contribution is -2.24. The number of nitrogens with one attached hydrogen (secondary N) is 2. The number of thiophene rings is 1. The molecule has 0 aliphatic rings. The molecule has 3 aromatic rings. The number of sulfonamides is 1. The summed E-state index contributed by atoms with van der Waals surface area (Å²) in [5, 5.41) is 4.72. The van der Waals surface area contributed by atoms with Gasteiger partial charge in [-0.3, -0.25) is 4.79 Å². The van der Waals surface area contributed by atoms with Crippen molar-refractivity contribution < 1.29 is 22.7 Å². The van der Waals surface area contributed by atoms with Gasteiger partial charge in [0.15, 0.2) is 0 Å². The Balaban J connectivity index is 1.51. The number of rotatable bonds is 11. The van der Waals surface area contributed by atoms with Crippen molar-refractivity contribution in [2.24, 2.45) is 0 Å². The molecule has 0 bridgehead atoms. The van der Waals surface area contributed by atoms with Crippen molar-refractivity contribution in [2.45, 2.75) is 18.0 Å². The van der Waals surface area contributed by atoms with Crippen LogP contribution in [0.3, 0.4) is 0 Å². The van der Waals surface area contributed by atoms with Crippen LogP contribution in [0.25, 0.3) is 0 Å². The third kappa shape index (κ3) is 6.90. The van der Waals surface area contributed by atoms with Crippen molar-refractivity contribution in [1.82, 2.24) is 10.0 Å². The first-order valence-electron chi connectivity index (χ1n) is 9.59. The van der Waals surface area contributed by atoms with E-state index in [2.05, 4.69) is 10.0 Å². The highest BCUT2D eigenvalue weighted by molar-refractivity contribution is 7.89. The molecule has 31 heavy (non-hydrogen) atoms. The molecule has 3 rings (SSSR count). The van der Waals surface area contributed by atoms with Crippen LogP contribution in [0.4, 0.5) is 0 Å². The lowest BCUT2D eigenvalue weighted by molar-refractivity contribution is 0.0951.